The molecule has 184 valence electrons. The van der Waals surface area contributed by atoms with Gasteiger partial charge in [-0.3, -0.25) is 9.88 Å². The smallest absolute Gasteiger partial charge is 0.212 e. The largest absolute Gasteiger partial charge is 0.506 e. The van der Waals surface area contributed by atoms with Crippen molar-refractivity contribution in [2.45, 2.75) is 31.5 Å². The maximum Gasteiger partial charge on any atom is 0.212 e. The lowest BCUT2D eigenvalue weighted by Crippen LogP contribution is -2.56. The molecule has 2 bridgehead atoms. The number of nitrogens with zero attached hydrogens (tertiary/aromatic N) is 7. The molecule has 36 heavy (non-hydrogen) atoms. The van der Waals surface area contributed by atoms with Crippen molar-refractivity contribution < 1.29 is 9.84 Å². The minimum Gasteiger partial charge on any atom is -0.506 e. The van der Waals surface area contributed by atoms with Gasteiger partial charge in [-0.2, -0.15) is 0 Å². The van der Waals surface area contributed by atoms with Crippen LogP contribution in [0.5, 0.6) is 11.6 Å². The first-order chi connectivity index (χ1) is 17.5. The first-order valence-corrected chi connectivity index (χ1v) is 11.9. The van der Waals surface area contributed by atoms with Gasteiger partial charge >= 0.3 is 0 Å². The molecule has 7 heterocycles. The number of nitrogens with two attached hydrogens (primary N) is 1. The number of fused-ring (bicyclic) bond motifs is 4. The highest BCUT2D eigenvalue weighted by Crippen LogP contribution is 2.36. The molecule has 3 aliphatic rings. The molecule has 0 amide bonds. The van der Waals surface area contributed by atoms with Crippen molar-refractivity contribution in [1.29, 1.82) is 5.41 Å². The molecular weight excluding hydrogens is 458 g/mol. The molecule has 0 radical (unpaired) electrons. The molecule has 0 saturated carbocycles. The summed E-state index contributed by atoms with van der Waals surface area (Å²) in [6, 6.07) is 6.60. The number of aromatic nitrogens is 5. The van der Waals surface area contributed by atoms with E-state index < -0.39 is 0 Å². The second-order valence-corrected chi connectivity index (χ2v) is 9.27. The highest BCUT2D eigenvalue weighted by molar-refractivity contribution is 5.99. The van der Waals surface area contributed by atoms with Gasteiger partial charge in [0, 0.05) is 55.8 Å². The second-order valence-electron chi connectivity index (χ2n) is 9.27. The van der Waals surface area contributed by atoms with Gasteiger partial charge in [-0.1, -0.05) is 6.07 Å². The van der Waals surface area contributed by atoms with E-state index in [1.165, 1.54) is 22.7 Å². The SMILES string of the molecule is COc1ccc(CN2C3CCN(c4cnc(-c5cc(O)cn6nc(N)c(C=N)c56)cn4)CC2C3)cn1. The Kier molecular flexibility index (Phi) is 5.41. The standard InChI is InChI=1S/C25H27N9O2/c1-36-23-3-2-15(9-30-23)12-33-16-4-5-32(13-17(33)6-16)22-11-28-21(10-29-22)19-7-18(35)14-34-24(19)20(8-26)25(27)31-34/h2-3,7-11,14,16-17,26,35H,4-6,12-13H2,1H3,(H2,27,31). The summed E-state index contributed by atoms with van der Waals surface area (Å²) in [6.07, 6.45) is 10.2. The van der Waals surface area contributed by atoms with E-state index in [0.29, 0.717) is 40.3 Å². The lowest BCUT2D eigenvalue weighted by Gasteiger charge is -2.47. The number of hydrogen-bond acceptors (Lipinski definition) is 10. The van der Waals surface area contributed by atoms with E-state index in [2.05, 4.69) is 30.9 Å². The molecule has 11 nitrogen and oxygen atoms in total. The van der Waals surface area contributed by atoms with Crippen LogP contribution in [0, 0.1) is 5.41 Å². The minimum atomic E-state index is 0.0295. The van der Waals surface area contributed by atoms with Crippen LogP contribution in [0.1, 0.15) is 24.0 Å². The van der Waals surface area contributed by atoms with Crippen LogP contribution in [-0.2, 0) is 6.54 Å². The van der Waals surface area contributed by atoms with E-state index in [9.17, 15) is 5.11 Å². The third kappa shape index (κ3) is 3.77. The average molecular weight is 486 g/mol. The van der Waals surface area contributed by atoms with Crippen molar-refractivity contribution in [2.75, 3.05) is 30.8 Å². The minimum absolute atomic E-state index is 0.0295. The fourth-order valence-corrected chi connectivity index (χ4v) is 5.33. The number of ether oxygens (including phenoxy) is 1. The zero-order chi connectivity index (χ0) is 24.8. The number of methoxy groups -OCH3 is 1. The summed E-state index contributed by atoms with van der Waals surface area (Å²) in [4.78, 5) is 18.6. The highest BCUT2D eigenvalue weighted by atomic mass is 16.5. The Balaban J connectivity index is 1.21. The van der Waals surface area contributed by atoms with E-state index in [-0.39, 0.29) is 11.6 Å². The quantitative estimate of drug-likeness (QED) is 0.351. The highest BCUT2D eigenvalue weighted by Gasteiger charge is 2.41. The molecule has 4 aromatic rings. The summed E-state index contributed by atoms with van der Waals surface area (Å²) in [5, 5.41) is 22.1. The number of rotatable bonds is 6. The van der Waals surface area contributed by atoms with Crippen LogP contribution in [0.15, 0.2) is 43.0 Å². The first-order valence-electron chi connectivity index (χ1n) is 11.9. The first kappa shape index (κ1) is 22.2. The van der Waals surface area contributed by atoms with Crippen LogP contribution in [-0.4, -0.2) is 73.1 Å². The maximum absolute atomic E-state index is 10.2. The second kappa shape index (κ2) is 8.76. The number of hydrogen-bond donors (Lipinski definition) is 3. The van der Waals surface area contributed by atoms with Gasteiger partial charge in [0.1, 0.15) is 11.6 Å². The third-order valence-electron chi connectivity index (χ3n) is 7.18. The van der Waals surface area contributed by atoms with Crippen molar-refractivity contribution in [2.24, 2.45) is 0 Å². The predicted molar refractivity (Wildman–Crippen MR) is 136 cm³/mol. The average Bonchev–Trinajstić information content (AvgIpc) is 3.03. The van der Waals surface area contributed by atoms with Crippen LogP contribution in [0.4, 0.5) is 11.6 Å². The molecule has 4 N–H and O–H groups in total. The lowest BCUT2D eigenvalue weighted by atomic mass is 9.91. The molecule has 0 aromatic carbocycles. The van der Waals surface area contributed by atoms with Crippen molar-refractivity contribution in [3.8, 4) is 22.9 Å². The molecule has 3 fully saturated rings. The molecule has 4 aromatic heterocycles. The number of nitrogen functional groups attached to an aromatic ring is 1. The summed E-state index contributed by atoms with van der Waals surface area (Å²) in [5.41, 5.74) is 9.44. The molecule has 2 unspecified atom stereocenters. The third-order valence-corrected chi connectivity index (χ3v) is 7.18. The molecule has 3 aliphatic heterocycles. The Hall–Kier alpha value is -4.25. The molecule has 0 spiro atoms. The van der Waals surface area contributed by atoms with E-state index in [1.54, 1.807) is 25.6 Å². The van der Waals surface area contributed by atoms with Gasteiger partial charge in [-0.05, 0) is 24.5 Å². The summed E-state index contributed by atoms with van der Waals surface area (Å²) in [6.45, 7) is 2.68. The Bertz CT molecular complexity index is 1420. The maximum atomic E-state index is 10.2. The Morgan fingerprint density at radius 2 is 2.08 bits per heavy atom. The van der Waals surface area contributed by atoms with Gasteiger partial charge in [0.15, 0.2) is 5.82 Å². The van der Waals surface area contributed by atoms with Crippen LogP contribution in [0.25, 0.3) is 16.8 Å². The van der Waals surface area contributed by atoms with Gasteiger partial charge in [0.05, 0.1) is 42.5 Å². The zero-order valence-corrected chi connectivity index (χ0v) is 19.9. The Morgan fingerprint density at radius 3 is 2.81 bits per heavy atom. The molecular formula is C25H27N9O2. The number of pyridine rings is 2. The zero-order valence-electron chi connectivity index (χ0n) is 19.9. The van der Waals surface area contributed by atoms with E-state index >= 15 is 0 Å². The Morgan fingerprint density at radius 1 is 1.19 bits per heavy atom. The van der Waals surface area contributed by atoms with Crippen molar-refractivity contribution >= 4 is 23.4 Å². The molecule has 11 heteroatoms. The summed E-state index contributed by atoms with van der Waals surface area (Å²) < 4.78 is 6.65. The molecule has 0 aliphatic carbocycles. The summed E-state index contributed by atoms with van der Waals surface area (Å²) in [5.74, 6) is 1.71. The number of nitrogens with one attached hydrogen (secondary N) is 1. The molecule has 3 saturated heterocycles. The van der Waals surface area contributed by atoms with E-state index in [4.69, 9.17) is 20.9 Å². The van der Waals surface area contributed by atoms with Gasteiger partial charge in [0.25, 0.3) is 0 Å². The topological polar surface area (TPSA) is 142 Å². The number of anilines is 2. The number of aromatic hydroxyl groups is 1. The van der Waals surface area contributed by atoms with E-state index in [0.717, 1.165) is 38.1 Å². The van der Waals surface area contributed by atoms with Gasteiger partial charge in [-0.25, -0.2) is 14.5 Å². The van der Waals surface area contributed by atoms with Crippen LogP contribution < -0.4 is 15.4 Å². The molecule has 2 atom stereocenters. The summed E-state index contributed by atoms with van der Waals surface area (Å²) in [7, 11) is 1.63. The van der Waals surface area contributed by atoms with Crippen LogP contribution >= 0.6 is 0 Å². The van der Waals surface area contributed by atoms with Crippen molar-refractivity contribution in [3.05, 3.63) is 54.1 Å². The summed E-state index contributed by atoms with van der Waals surface area (Å²) >= 11 is 0. The monoisotopic (exact) mass is 485 g/mol. The van der Waals surface area contributed by atoms with Gasteiger partial charge in [-0.15, -0.1) is 5.10 Å². The molecule has 7 rings (SSSR count). The van der Waals surface area contributed by atoms with Crippen molar-refractivity contribution in [1.82, 2.24) is 29.5 Å². The lowest BCUT2D eigenvalue weighted by molar-refractivity contribution is 0.0198. The van der Waals surface area contributed by atoms with Crippen LogP contribution in [0.2, 0.25) is 0 Å². The van der Waals surface area contributed by atoms with E-state index in [1.807, 2.05) is 12.3 Å². The predicted octanol–water partition coefficient (Wildman–Crippen LogP) is 2.33. The fraction of sp³-hybridized carbons (Fsp3) is 0.320. The fourth-order valence-electron chi connectivity index (χ4n) is 5.33. The normalized spacial score (nSPS) is 19.6. The van der Waals surface area contributed by atoms with Gasteiger partial charge in [0.2, 0.25) is 5.88 Å². The van der Waals surface area contributed by atoms with Crippen LogP contribution in [0.3, 0.4) is 0 Å². The Labute approximate surface area is 207 Å². The van der Waals surface area contributed by atoms with Gasteiger partial charge < -0.3 is 25.9 Å². The van der Waals surface area contributed by atoms with Crippen molar-refractivity contribution in [3.63, 3.8) is 0 Å².